The third-order valence-corrected chi connectivity index (χ3v) is 6.73. The number of para-hydroxylation sites is 2. The lowest BCUT2D eigenvalue weighted by atomic mass is 10.1. The topological polar surface area (TPSA) is 12.5 Å². The van der Waals surface area contributed by atoms with Crippen LogP contribution in [0.5, 0.6) is 5.75 Å². The lowest BCUT2D eigenvalue weighted by molar-refractivity contribution is -0.906. The molecule has 0 aliphatic carbocycles. The zero-order valence-electron chi connectivity index (χ0n) is 18.3. The van der Waals surface area contributed by atoms with E-state index >= 15 is 0 Å². The molecule has 0 bridgehead atoms. The Labute approximate surface area is 184 Å². The molecule has 0 N–H and O–H groups in total. The summed E-state index contributed by atoms with van der Waals surface area (Å²) in [6, 6.07) is 26.0. The number of ether oxygens (including phenoxy) is 1. The van der Waals surface area contributed by atoms with E-state index in [9.17, 15) is 0 Å². The number of anilines is 2. The van der Waals surface area contributed by atoms with Crippen molar-refractivity contribution < 1.29 is 9.22 Å². The Bertz CT molecular complexity index is 954. The maximum atomic E-state index is 5.29. The fraction of sp³-hybridized carbons (Fsp3) is 0.308. The van der Waals surface area contributed by atoms with Crippen LogP contribution in [0.1, 0.15) is 12.5 Å². The summed E-state index contributed by atoms with van der Waals surface area (Å²) in [5.74, 6) is 1.46. The number of methoxy groups -OCH3 is 1. The first-order chi connectivity index (χ1) is 14.4. The summed E-state index contributed by atoms with van der Waals surface area (Å²) >= 11 is 1.88. The number of rotatable bonds is 7. The highest BCUT2D eigenvalue weighted by molar-refractivity contribution is 7.99. The van der Waals surface area contributed by atoms with Gasteiger partial charge in [0.1, 0.15) is 12.3 Å². The van der Waals surface area contributed by atoms with Gasteiger partial charge < -0.3 is 14.1 Å². The lowest BCUT2D eigenvalue weighted by Crippen LogP contribution is -2.44. The maximum absolute atomic E-state index is 5.29. The van der Waals surface area contributed by atoms with Crippen molar-refractivity contribution >= 4 is 23.1 Å². The van der Waals surface area contributed by atoms with E-state index in [1.165, 1.54) is 26.7 Å². The van der Waals surface area contributed by atoms with Crippen LogP contribution in [0.25, 0.3) is 0 Å². The van der Waals surface area contributed by atoms with Crippen LogP contribution in [0.3, 0.4) is 0 Å². The molecule has 156 valence electrons. The van der Waals surface area contributed by atoms with Gasteiger partial charge in [0.2, 0.25) is 0 Å². The fourth-order valence-corrected chi connectivity index (χ4v) is 5.58. The number of nitrogens with zero attached hydrogens (tertiary/aromatic N) is 2. The average Bonchev–Trinajstić information content (AvgIpc) is 2.73. The minimum atomic E-state index is 0.544. The minimum absolute atomic E-state index is 0.544. The van der Waals surface area contributed by atoms with Crippen molar-refractivity contribution in [3.63, 3.8) is 0 Å². The summed E-state index contributed by atoms with van der Waals surface area (Å²) in [4.78, 5) is 5.20. The zero-order valence-corrected chi connectivity index (χ0v) is 19.2. The summed E-state index contributed by atoms with van der Waals surface area (Å²) < 4.78 is 6.25. The van der Waals surface area contributed by atoms with E-state index in [0.29, 0.717) is 5.92 Å². The molecule has 0 spiro atoms. The van der Waals surface area contributed by atoms with E-state index in [2.05, 4.69) is 98.7 Å². The van der Waals surface area contributed by atoms with Crippen LogP contribution >= 0.6 is 11.8 Å². The summed E-state index contributed by atoms with van der Waals surface area (Å²) in [5.41, 5.74) is 4.00. The first kappa shape index (κ1) is 20.8. The third kappa shape index (κ3) is 4.66. The Morgan fingerprint density at radius 1 is 0.867 bits per heavy atom. The average molecular weight is 420 g/mol. The SMILES string of the molecule is COc1ccc(C[N+](C)(C)CC(C)CN2c3ccccc3Sc3ccccc32)cc1. The van der Waals surface area contributed by atoms with Gasteiger partial charge in [0.05, 0.1) is 39.1 Å². The van der Waals surface area contributed by atoms with Crippen molar-refractivity contribution in [1.82, 2.24) is 0 Å². The standard InChI is InChI=1S/C26H31N2OS/c1-20(18-28(2,3)19-21-13-15-22(29-4)16-14-21)17-27-23-9-5-7-11-25(23)30-26-12-8-6-10-24(26)27/h5-16,20H,17-19H2,1-4H3/q+1. The van der Waals surface area contributed by atoms with Gasteiger partial charge in [-0.05, 0) is 48.5 Å². The Hall–Kier alpha value is -2.43. The normalized spacial score (nSPS) is 14.1. The van der Waals surface area contributed by atoms with Crippen LogP contribution in [0, 0.1) is 5.92 Å². The second-order valence-corrected chi connectivity index (χ2v) is 9.96. The zero-order chi connectivity index (χ0) is 21.1. The van der Waals surface area contributed by atoms with Crippen LogP contribution < -0.4 is 9.64 Å². The molecule has 0 fully saturated rings. The van der Waals surface area contributed by atoms with Gasteiger partial charge in [0.15, 0.2) is 0 Å². The van der Waals surface area contributed by atoms with Gasteiger partial charge in [-0.15, -0.1) is 0 Å². The first-order valence-corrected chi connectivity index (χ1v) is 11.4. The van der Waals surface area contributed by atoms with Crippen LogP contribution in [-0.2, 0) is 6.54 Å². The van der Waals surface area contributed by atoms with Crippen molar-refractivity contribution in [3.8, 4) is 5.75 Å². The van der Waals surface area contributed by atoms with Crippen molar-refractivity contribution in [2.45, 2.75) is 23.3 Å². The molecule has 0 radical (unpaired) electrons. The molecule has 0 amide bonds. The highest BCUT2D eigenvalue weighted by Gasteiger charge is 2.27. The van der Waals surface area contributed by atoms with Gasteiger partial charge in [-0.25, -0.2) is 0 Å². The van der Waals surface area contributed by atoms with Gasteiger partial charge in [0.25, 0.3) is 0 Å². The van der Waals surface area contributed by atoms with Crippen molar-refractivity contribution in [1.29, 1.82) is 0 Å². The molecule has 0 saturated heterocycles. The highest BCUT2D eigenvalue weighted by atomic mass is 32.2. The molecule has 4 rings (SSSR count). The number of quaternary nitrogens is 1. The molecule has 1 aliphatic heterocycles. The van der Waals surface area contributed by atoms with E-state index in [1.54, 1.807) is 7.11 Å². The number of hydrogen-bond donors (Lipinski definition) is 0. The van der Waals surface area contributed by atoms with Crippen molar-refractivity contribution in [2.75, 3.05) is 39.2 Å². The fourth-order valence-electron chi connectivity index (χ4n) is 4.48. The van der Waals surface area contributed by atoms with Gasteiger partial charge in [-0.2, -0.15) is 0 Å². The molecule has 0 aromatic heterocycles. The highest BCUT2D eigenvalue weighted by Crippen LogP contribution is 2.48. The monoisotopic (exact) mass is 419 g/mol. The third-order valence-electron chi connectivity index (χ3n) is 5.60. The number of benzene rings is 3. The van der Waals surface area contributed by atoms with Gasteiger partial charge in [0, 0.05) is 27.8 Å². The molecule has 1 atom stereocenters. The van der Waals surface area contributed by atoms with E-state index < -0.39 is 0 Å². The molecule has 1 aliphatic rings. The van der Waals surface area contributed by atoms with E-state index in [1.807, 2.05) is 11.8 Å². The molecular weight excluding hydrogens is 388 g/mol. The lowest BCUT2D eigenvalue weighted by Gasteiger charge is -2.37. The van der Waals surface area contributed by atoms with E-state index in [4.69, 9.17) is 4.74 Å². The van der Waals surface area contributed by atoms with E-state index in [0.717, 1.165) is 29.9 Å². The second kappa shape index (κ2) is 8.75. The smallest absolute Gasteiger partial charge is 0.118 e. The largest absolute Gasteiger partial charge is 0.497 e. The molecular formula is C26H31N2OS+. The maximum Gasteiger partial charge on any atom is 0.118 e. The summed E-state index contributed by atoms with van der Waals surface area (Å²) in [5, 5.41) is 0. The van der Waals surface area contributed by atoms with Gasteiger partial charge >= 0.3 is 0 Å². The molecule has 3 nitrogen and oxygen atoms in total. The molecule has 1 heterocycles. The minimum Gasteiger partial charge on any atom is -0.497 e. The van der Waals surface area contributed by atoms with Crippen molar-refractivity contribution in [2.24, 2.45) is 5.92 Å². The molecule has 1 unspecified atom stereocenters. The Morgan fingerprint density at radius 2 is 1.43 bits per heavy atom. The Kier molecular flexibility index (Phi) is 6.07. The Balaban J connectivity index is 1.49. The van der Waals surface area contributed by atoms with Gasteiger partial charge in [-0.3, -0.25) is 0 Å². The Morgan fingerprint density at radius 3 is 2.00 bits per heavy atom. The molecule has 4 heteroatoms. The van der Waals surface area contributed by atoms with E-state index in [-0.39, 0.29) is 0 Å². The van der Waals surface area contributed by atoms with Crippen molar-refractivity contribution in [3.05, 3.63) is 78.4 Å². The molecule has 0 saturated carbocycles. The van der Waals surface area contributed by atoms with Crippen LogP contribution in [0.15, 0.2) is 82.6 Å². The van der Waals surface area contributed by atoms with Crippen LogP contribution in [0.4, 0.5) is 11.4 Å². The molecule has 3 aromatic rings. The summed E-state index contributed by atoms with van der Waals surface area (Å²) in [6.07, 6.45) is 0. The number of hydrogen-bond acceptors (Lipinski definition) is 3. The molecule has 3 aromatic carbocycles. The predicted octanol–water partition coefficient (Wildman–Crippen LogP) is 6.21. The summed E-state index contributed by atoms with van der Waals surface area (Å²) in [6.45, 7) is 5.51. The van der Waals surface area contributed by atoms with Crippen LogP contribution in [0.2, 0.25) is 0 Å². The second-order valence-electron chi connectivity index (χ2n) is 8.88. The number of fused-ring (bicyclic) bond motifs is 2. The molecule has 30 heavy (non-hydrogen) atoms. The summed E-state index contributed by atoms with van der Waals surface area (Å²) in [7, 11) is 6.37. The first-order valence-electron chi connectivity index (χ1n) is 10.5. The van der Waals surface area contributed by atoms with Gasteiger partial charge in [-0.1, -0.05) is 43.0 Å². The quantitative estimate of drug-likeness (QED) is 0.422. The predicted molar refractivity (Wildman–Crippen MR) is 127 cm³/mol. The van der Waals surface area contributed by atoms with Crippen LogP contribution in [-0.4, -0.2) is 38.8 Å².